The summed E-state index contributed by atoms with van der Waals surface area (Å²) in [6, 6.07) is 5.64. The van der Waals surface area contributed by atoms with Crippen LogP contribution in [0.5, 0.6) is 5.75 Å². The molecule has 0 fully saturated rings. The predicted molar refractivity (Wildman–Crippen MR) is 51.2 cm³/mol. The molecule has 1 unspecified atom stereocenters. The standard InChI is InChI=1S/C10H11ClO2/c11-9-2-1-3-10-8(9)4-7(5-12)6-13-10/h1-3,7,12H,4-6H2. The molecule has 0 saturated carbocycles. The van der Waals surface area contributed by atoms with Crippen LogP contribution in [0.15, 0.2) is 18.2 Å². The molecular formula is C10H11ClO2. The van der Waals surface area contributed by atoms with Crippen molar-refractivity contribution in [1.82, 2.24) is 0 Å². The summed E-state index contributed by atoms with van der Waals surface area (Å²) in [5.74, 6) is 1.05. The lowest BCUT2D eigenvalue weighted by Gasteiger charge is -2.24. The smallest absolute Gasteiger partial charge is 0.123 e. The van der Waals surface area contributed by atoms with E-state index in [0.29, 0.717) is 6.61 Å². The van der Waals surface area contributed by atoms with Crippen molar-refractivity contribution in [3.05, 3.63) is 28.8 Å². The number of rotatable bonds is 1. The Labute approximate surface area is 82.1 Å². The van der Waals surface area contributed by atoms with Crippen molar-refractivity contribution in [1.29, 1.82) is 0 Å². The van der Waals surface area contributed by atoms with Crippen LogP contribution in [0.2, 0.25) is 5.02 Å². The molecule has 0 saturated heterocycles. The van der Waals surface area contributed by atoms with Gasteiger partial charge in [0.2, 0.25) is 0 Å². The second kappa shape index (κ2) is 3.56. The normalized spacial score (nSPS) is 20.6. The fourth-order valence-corrected chi connectivity index (χ4v) is 1.79. The van der Waals surface area contributed by atoms with E-state index in [1.54, 1.807) is 0 Å². The summed E-state index contributed by atoms with van der Waals surface area (Å²) in [6.07, 6.45) is 0.811. The zero-order chi connectivity index (χ0) is 9.26. The Bertz CT molecular complexity index is 312. The highest BCUT2D eigenvalue weighted by Crippen LogP contribution is 2.32. The molecule has 13 heavy (non-hydrogen) atoms. The predicted octanol–water partition coefficient (Wildman–Crippen LogP) is 1.88. The SMILES string of the molecule is OCC1COc2cccc(Cl)c2C1. The molecule has 1 aliphatic heterocycles. The molecular weight excluding hydrogens is 188 g/mol. The van der Waals surface area contributed by atoms with E-state index in [4.69, 9.17) is 21.4 Å². The monoisotopic (exact) mass is 198 g/mol. The van der Waals surface area contributed by atoms with Gasteiger partial charge in [-0.3, -0.25) is 0 Å². The minimum atomic E-state index is 0.157. The molecule has 70 valence electrons. The molecule has 2 nitrogen and oxygen atoms in total. The van der Waals surface area contributed by atoms with Crippen LogP contribution >= 0.6 is 11.6 Å². The molecule has 1 aromatic carbocycles. The number of fused-ring (bicyclic) bond motifs is 1. The first kappa shape index (κ1) is 8.85. The highest BCUT2D eigenvalue weighted by Gasteiger charge is 2.20. The number of ether oxygens (including phenoxy) is 1. The van der Waals surface area contributed by atoms with E-state index >= 15 is 0 Å². The summed E-state index contributed by atoms with van der Waals surface area (Å²) in [5.41, 5.74) is 1.02. The van der Waals surface area contributed by atoms with Crippen molar-refractivity contribution in [3.8, 4) is 5.75 Å². The van der Waals surface area contributed by atoms with Crippen molar-refractivity contribution in [2.24, 2.45) is 5.92 Å². The van der Waals surface area contributed by atoms with Crippen LogP contribution in [-0.2, 0) is 6.42 Å². The first-order chi connectivity index (χ1) is 6.31. The lowest BCUT2D eigenvalue weighted by atomic mass is 9.97. The third-order valence-electron chi connectivity index (χ3n) is 2.30. The Hall–Kier alpha value is -0.730. The quantitative estimate of drug-likeness (QED) is 0.747. The van der Waals surface area contributed by atoms with Gasteiger partial charge in [-0.1, -0.05) is 17.7 Å². The molecule has 2 rings (SSSR count). The third-order valence-corrected chi connectivity index (χ3v) is 2.66. The maximum atomic E-state index is 8.98. The fourth-order valence-electron chi connectivity index (χ4n) is 1.54. The van der Waals surface area contributed by atoms with E-state index < -0.39 is 0 Å². The van der Waals surface area contributed by atoms with Gasteiger partial charge in [0.1, 0.15) is 5.75 Å². The molecule has 0 aromatic heterocycles. The average Bonchev–Trinajstić information content (AvgIpc) is 2.18. The zero-order valence-corrected chi connectivity index (χ0v) is 7.92. The van der Waals surface area contributed by atoms with Crippen LogP contribution in [-0.4, -0.2) is 18.3 Å². The van der Waals surface area contributed by atoms with Crippen LogP contribution < -0.4 is 4.74 Å². The van der Waals surface area contributed by atoms with Gasteiger partial charge >= 0.3 is 0 Å². The van der Waals surface area contributed by atoms with Crippen LogP contribution in [0, 0.1) is 5.92 Å². The summed E-state index contributed by atoms with van der Waals surface area (Å²) >= 11 is 6.00. The average molecular weight is 199 g/mol. The van der Waals surface area contributed by atoms with Crippen molar-refractivity contribution >= 4 is 11.6 Å². The first-order valence-electron chi connectivity index (χ1n) is 4.32. The minimum Gasteiger partial charge on any atom is -0.493 e. The van der Waals surface area contributed by atoms with Gasteiger partial charge in [-0.2, -0.15) is 0 Å². The first-order valence-corrected chi connectivity index (χ1v) is 4.70. The topological polar surface area (TPSA) is 29.5 Å². The molecule has 1 atom stereocenters. The summed E-state index contributed by atoms with van der Waals surface area (Å²) < 4.78 is 5.46. The zero-order valence-electron chi connectivity index (χ0n) is 7.16. The van der Waals surface area contributed by atoms with Gasteiger partial charge in [0.15, 0.2) is 0 Å². The van der Waals surface area contributed by atoms with Crippen LogP contribution in [0.4, 0.5) is 0 Å². The molecule has 0 radical (unpaired) electrons. The van der Waals surface area contributed by atoms with E-state index in [0.717, 1.165) is 22.8 Å². The van der Waals surface area contributed by atoms with Gasteiger partial charge in [0.05, 0.1) is 6.61 Å². The fraction of sp³-hybridized carbons (Fsp3) is 0.400. The van der Waals surface area contributed by atoms with Crippen LogP contribution in [0.1, 0.15) is 5.56 Å². The highest BCUT2D eigenvalue weighted by atomic mass is 35.5. The second-order valence-electron chi connectivity index (χ2n) is 3.28. The molecule has 0 aliphatic carbocycles. The largest absolute Gasteiger partial charge is 0.493 e. The lowest BCUT2D eigenvalue weighted by molar-refractivity contribution is 0.147. The Kier molecular flexibility index (Phi) is 2.42. The Morgan fingerprint density at radius 1 is 1.54 bits per heavy atom. The maximum absolute atomic E-state index is 8.98. The van der Waals surface area contributed by atoms with Gasteiger partial charge in [-0.25, -0.2) is 0 Å². The van der Waals surface area contributed by atoms with E-state index in [2.05, 4.69) is 0 Å². The summed E-state index contributed by atoms with van der Waals surface area (Å²) in [6.45, 7) is 0.745. The van der Waals surface area contributed by atoms with Gasteiger partial charge in [0, 0.05) is 23.1 Å². The summed E-state index contributed by atoms with van der Waals surface area (Å²) in [4.78, 5) is 0. The lowest BCUT2D eigenvalue weighted by Crippen LogP contribution is -2.23. The molecule has 1 N–H and O–H groups in total. The van der Waals surface area contributed by atoms with E-state index in [1.807, 2.05) is 18.2 Å². The van der Waals surface area contributed by atoms with Crippen molar-refractivity contribution in [3.63, 3.8) is 0 Å². The number of hydrogen-bond acceptors (Lipinski definition) is 2. The van der Waals surface area contributed by atoms with Gasteiger partial charge < -0.3 is 9.84 Å². The molecule has 0 spiro atoms. The molecule has 0 bridgehead atoms. The molecule has 1 aromatic rings. The molecule has 3 heteroatoms. The minimum absolute atomic E-state index is 0.157. The number of hydrogen-bond donors (Lipinski definition) is 1. The third kappa shape index (κ3) is 1.64. The van der Waals surface area contributed by atoms with Gasteiger partial charge in [-0.05, 0) is 18.6 Å². The number of halogens is 1. The second-order valence-corrected chi connectivity index (χ2v) is 3.69. The van der Waals surface area contributed by atoms with Crippen molar-refractivity contribution in [2.45, 2.75) is 6.42 Å². The summed E-state index contributed by atoms with van der Waals surface area (Å²) in [5, 5.41) is 9.72. The number of aliphatic hydroxyl groups is 1. The van der Waals surface area contributed by atoms with Gasteiger partial charge in [-0.15, -0.1) is 0 Å². The highest BCUT2D eigenvalue weighted by molar-refractivity contribution is 6.31. The Balaban J connectivity index is 2.32. The van der Waals surface area contributed by atoms with Crippen LogP contribution in [0.3, 0.4) is 0 Å². The van der Waals surface area contributed by atoms with Gasteiger partial charge in [0.25, 0.3) is 0 Å². The molecule has 0 amide bonds. The molecule has 1 heterocycles. The number of benzene rings is 1. The van der Waals surface area contributed by atoms with Crippen LogP contribution in [0.25, 0.3) is 0 Å². The maximum Gasteiger partial charge on any atom is 0.123 e. The number of aliphatic hydroxyl groups excluding tert-OH is 1. The van der Waals surface area contributed by atoms with Crippen molar-refractivity contribution < 1.29 is 9.84 Å². The molecule has 1 aliphatic rings. The van der Waals surface area contributed by atoms with E-state index in [1.165, 1.54) is 0 Å². The van der Waals surface area contributed by atoms with E-state index in [-0.39, 0.29) is 12.5 Å². The Morgan fingerprint density at radius 3 is 3.15 bits per heavy atom. The van der Waals surface area contributed by atoms with E-state index in [9.17, 15) is 0 Å². The Morgan fingerprint density at radius 2 is 2.38 bits per heavy atom. The summed E-state index contributed by atoms with van der Waals surface area (Å²) in [7, 11) is 0. The van der Waals surface area contributed by atoms with Crippen molar-refractivity contribution in [2.75, 3.05) is 13.2 Å².